The Morgan fingerprint density at radius 3 is 2.45 bits per heavy atom. The first-order chi connectivity index (χ1) is 9.66. The molecular formula is C19H22O. The van der Waals surface area contributed by atoms with E-state index in [0.29, 0.717) is 11.7 Å². The van der Waals surface area contributed by atoms with Crippen LogP contribution in [0.25, 0.3) is 0 Å². The smallest absolute Gasteiger partial charge is 0.142 e. The molecule has 0 heterocycles. The highest BCUT2D eigenvalue weighted by molar-refractivity contribution is 5.86. The zero-order valence-electron chi connectivity index (χ0n) is 12.3. The van der Waals surface area contributed by atoms with Crippen LogP contribution >= 0.6 is 0 Å². The van der Waals surface area contributed by atoms with E-state index in [9.17, 15) is 4.79 Å². The molecule has 0 spiro atoms. The van der Waals surface area contributed by atoms with Crippen LogP contribution in [0, 0.1) is 17.8 Å². The highest BCUT2D eigenvalue weighted by atomic mass is 16.1. The van der Waals surface area contributed by atoms with Crippen molar-refractivity contribution in [3.05, 3.63) is 59.3 Å². The van der Waals surface area contributed by atoms with E-state index in [1.54, 1.807) is 0 Å². The van der Waals surface area contributed by atoms with E-state index in [-0.39, 0.29) is 11.8 Å². The second-order valence-electron chi connectivity index (χ2n) is 6.28. The highest BCUT2D eigenvalue weighted by Crippen LogP contribution is 2.43. The molecule has 1 heteroatoms. The van der Waals surface area contributed by atoms with Crippen molar-refractivity contribution in [1.82, 2.24) is 0 Å². The molecule has 2 atom stereocenters. The first-order valence-electron chi connectivity index (χ1n) is 7.63. The van der Waals surface area contributed by atoms with Gasteiger partial charge in [0.25, 0.3) is 0 Å². The van der Waals surface area contributed by atoms with Gasteiger partial charge in [0, 0.05) is 11.8 Å². The molecule has 0 aromatic carbocycles. The molecule has 2 unspecified atom stereocenters. The molecular weight excluding hydrogens is 244 g/mol. The first kappa shape index (κ1) is 13.4. The summed E-state index contributed by atoms with van der Waals surface area (Å²) in [6.45, 7) is 4.03. The van der Waals surface area contributed by atoms with Crippen LogP contribution in [0.2, 0.25) is 0 Å². The SMILES string of the molecule is CC(C)C(=O)C1C=C(C2=CC=CC2)CC1C1=CC=CC1. The van der Waals surface area contributed by atoms with Crippen molar-refractivity contribution < 1.29 is 4.79 Å². The van der Waals surface area contributed by atoms with Crippen molar-refractivity contribution in [2.24, 2.45) is 17.8 Å². The van der Waals surface area contributed by atoms with E-state index in [2.05, 4.69) is 42.5 Å². The van der Waals surface area contributed by atoms with Gasteiger partial charge in [-0.2, -0.15) is 0 Å². The largest absolute Gasteiger partial charge is 0.299 e. The Kier molecular flexibility index (Phi) is 3.60. The van der Waals surface area contributed by atoms with Gasteiger partial charge >= 0.3 is 0 Å². The van der Waals surface area contributed by atoms with Gasteiger partial charge in [-0.3, -0.25) is 4.79 Å². The average Bonchev–Trinajstić information content (AvgIpc) is 3.16. The van der Waals surface area contributed by atoms with Crippen LogP contribution in [0.5, 0.6) is 0 Å². The summed E-state index contributed by atoms with van der Waals surface area (Å²) in [7, 11) is 0. The lowest BCUT2D eigenvalue weighted by molar-refractivity contribution is -0.125. The molecule has 1 nitrogen and oxygen atoms in total. The molecule has 104 valence electrons. The summed E-state index contributed by atoms with van der Waals surface area (Å²) in [6, 6.07) is 0. The molecule has 0 bridgehead atoms. The summed E-state index contributed by atoms with van der Waals surface area (Å²) in [5, 5.41) is 0. The molecule has 3 aliphatic carbocycles. The summed E-state index contributed by atoms with van der Waals surface area (Å²) < 4.78 is 0. The number of carbonyl (C=O) groups excluding carboxylic acids is 1. The monoisotopic (exact) mass is 266 g/mol. The lowest BCUT2D eigenvalue weighted by Gasteiger charge is -2.21. The summed E-state index contributed by atoms with van der Waals surface area (Å²) in [5.41, 5.74) is 4.23. The van der Waals surface area contributed by atoms with E-state index in [0.717, 1.165) is 19.3 Å². The minimum Gasteiger partial charge on any atom is -0.299 e. The van der Waals surface area contributed by atoms with Crippen molar-refractivity contribution >= 4 is 5.78 Å². The zero-order valence-corrected chi connectivity index (χ0v) is 12.3. The number of ketones is 1. The third kappa shape index (κ3) is 2.37. The van der Waals surface area contributed by atoms with Crippen molar-refractivity contribution in [2.45, 2.75) is 33.1 Å². The third-order valence-corrected chi connectivity index (χ3v) is 4.61. The van der Waals surface area contributed by atoms with Crippen LogP contribution in [-0.2, 0) is 4.79 Å². The summed E-state index contributed by atoms with van der Waals surface area (Å²) in [5.74, 6) is 0.974. The Morgan fingerprint density at radius 2 is 1.85 bits per heavy atom. The molecule has 3 aliphatic rings. The number of Topliss-reactive ketones (excluding diaryl/α,β-unsaturated/α-hetero) is 1. The van der Waals surface area contributed by atoms with Gasteiger partial charge in [0.05, 0.1) is 0 Å². The standard InChI is InChI=1S/C19H22O/c1-13(2)19(20)18-12-16(14-7-3-4-8-14)11-17(18)15-9-5-6-10-15/h3-7,9,12-13,17-18H,8,10-11H2,1-2H3. The lowest BCUT2D eigenvalue weighted by Crippen LogP contribution is -2.24. The van der Waals surface area contributed by atoms with E-state index in [1.165, 1.54) is 16.7 Å². The number of hydrogen-bond acceptors (Lipinski definition) is 1. The minimum absolute atomic E-state index is 0.0812. The molecule has 0 aromatic heterocycles. The third-order valence-electron chi connectivity index (χ3n) is 4.61. The topological polar surface area (TPSA) is 17.1 Å². The molecule has 20 heavy (non-hydrogen) atoms. The minimum atomic E-state index is 0.0812. The van der Waals surface area contributed by atoms with Crippen LogP contribution < -0.4 is 0 Å². The van der Waals surface area contributed by atoms with Gasteiger partial charge in [0.2, 0.25) is 0 Å². The van der Waals surface area contributed by atoms with E-state index in [4.69, 9.17) is 0 Å². The number of carbonyl (C=O) groups is 1. The Morgan fingerprint density at radius 1 is 1.10 bits per heavy atom. The van der Waals surface area contributed by atoms with Crippen molar-refractivity contribution in [3.63, 3.8) is 0 Å². The quantitative estimate of drug-likeness (QED) is 0.729. The molecule has 0 amide bonds. The molecule has 3 rings (SSSR count). The van der Waals surface area contributed by atoms with Gasteiger partial charge < -0.3 is 0 Å². The number of allylic oxidation sites excluding steroid dienone is 10. The Balaban J connectivity index is 1.85. The fourth-order valence-electron chi connectivity index (χ4n) is 3.45. The van der Waals surface area contributed by atoms with E-state index >= 15 is 0 Å². The number of rotatable bonds is 4. The van der Waals surface area contributed by atoms with Gasteiger partial charge in [-0.05, 0) is 36.3 Å². The van der Waals surface area contributed by atoms with Crippen LogP contribution in [-0.4, -0.2) is 5.78 Å². The molecule has 0 fully saturated rings. The predicted molar refractivity (Wildman–Crippen MR) is 83.2 cm³/mol. The van der Waals surface area contributed by atoms with Gasteiger partial charge in [-0.1, -0.05) is 62.0 Å². The Labute approximate surface area is 121 Å². The lowest BCUT2D eigenvalue weighted by atomic mass is 9.81. The maximum Gasteiger partial charge on any atom is 0.142 e. The van der Waals surface area contributed by atoms with Crippen molar-refractivity contribution in [3.8, 4) is 0 Å². The normalized spacial score (nSPS) is 28.1. The second kappa shape index (κ2) is 5.40. The van der Waals surface area contributed by atoms with E-state index < -0.39 is 0 Å². The van der Waals surface area contributed by atoms with E-state index in [1.807, 2.05) is 13.8 Å². The summed E-state index contributed by atoms with van der Waals surface area (Å²) in [6.07, 6.45) is 18.4. The molecule has 0 aromatic rings. The number of hydrogen-bond donors (Lipinski definition) is 0. The molecule has 0 radical (unpaired) electrons. The molecule has 0 saturated heterocycles. The van der Waals surface area contributed by atoms with Crippen molar-refractivity contribution in [2.75, 3.05) is 0 Å². The van der Waals surface area contributed by atoms with Crippen molar-refractivity contribution in [1.29, 1.82) is 0 Å². The maximum absolute atomic E-state index is 12.5. The van der Waals surface area contributed by atoms with Gasteiger partial charge in [-0.25, -0.2) is 0 Å². The van der Waals surface area contributed by atoms with Gasteiger partial charge in [0.15, 0.2) is 0 Å². The van der Waals surface area contributed by atoms with Crippen LogP contribution in [0.1, 0.15) is 33.1 Å². The summed E-state index contributed by atoms with van der Waals surface area (Å²) >= 11 is 0. The fraction of sp³-hybridized carbons (Fsp3) is 0.421. The first-order valence-corrected chi connectivity index (χ1v) is 7.63. The van der Waals surface area contributed by atoms with Gasteiger partial charge in [0.1, 0.15) is 5.78 Å². The van der Waals surface area contributed by atoms with Gasteiger partial charge in [-0.15, -0.1) is 0 Å². The Hall–Kier alpha value is -1.63. The maximum atomic E-state index is 12.5. The molecule has 0 saturated carbocycles. The van der Waals surface area contributed by atoms with Crippen LogP contribution in [0.4, 0.5) is 0 Å². The highest BCUT2D eigenvalue weighted by Gasteiger charge is 2.36. The fourth-order valence-corrected chi connectivity index (χ4v) is 3.45. The Bertz CT molecular complexity index is 567. The zero-order chi connectivity index (χ0) is 14.1. The molecule has 0 aliphatic heterocycles. The van der Waals surface area contributed by atoms with Crippen LogP contribution in [0.3, 0.4) is 0 Å². The summed E-state index contributed by atoms with van der Waals surface area (Å²) in [4.78, 5) is 12.5. The molecule has 0 N–H and O–H groups in total. The average molecular weight is 266 g/mol. The van der Waals surface area contributed by atoms with Crippen LogP contribution in [0.15, 0.2) is 59.3 Å². The second-order valence-corrected chi connectivity index (χ2v) is 6.28. The predicted octanol–water partition coefficient (Wildman–Crippen LogP) is 4.55.